The number of furan rings is 1. The second-order valence-corrected chi connectivity index (χ2v) is 5.95. The molecule has 8 heteroatoms. The molecular weight excluding hydrogens is 389 g/mol. The van der Waals surface area contributed by atoms with E-state index in [1.54, 1.807) is 12.1 Å². The van der Waals surface area contributed by atoms with Crippen molar-refractivity contribution in [1.82, 2.24) is 0 Å². The number of carbonyl (C=O) groups is 2. The van der Waals surface area contributed by atoms with Gasteiger partial charge in [-0.15, -0.1) is 0 Å². The highest BCUT2D eigenvalue weighted by Gasteiger charge is 2.31. The lowest BCUT2D eigenvalue weighted by Crippen LogP contribution is -2.15. The number of Topliss-reactive ketones (excluding diaryl/α,β-unsaturated/α-hetero) is 1. The van der Waals surface area contributed by atoms with Gasteiger partial charge in [0.25, 0.3) is 0 Å². The van der Waals surface area contributed by atoms with Gasteiger partial charge in [-0.05, 0) is 36.4 Å². The first-order chi connectivity index (χ1) is 13.8. The summed E-state index contributed by atoms with van der Waals surface area (Å²) in [7, 11) is 0. The summed E-state index contributed by atoms with van der Waals surface area (Å²) in [6.45, 7) is -0.628. The Morgan fingerprint density at radius 3 is 2.41 bits per heavy atom. The number of hydrogen-bond donors (Lipinski definition) is 0. The topological polar surface area (TPSA) is 65.7 Å². The van der Waals surface area contributed by atoms with Gasteiger partial charge in [0.2, 0.25) is 5.76 Å². The average molecular weight is 404 g/mol. The molecule has 0 fully saturated rings. The minimum Gasteiger partial charge on any atom is -0.486 e. The summed E-state index contributed by atoms with van der Waals surface area (Å²) in [6.07, 6.45) is -4.57. The number of carbonyl (C=O) groups excluding carboxylic acids is 2. The van der Waals surface area contributed by atoms with Gasteiger partial charge in [-0.3, -0.25) is 4.79 Å². The fraction of sp³-hybridized carbons (Fsp3) is 0.143. The first-order valence-corrected chi connectivity index (χ1v) is 8.47. The number of ketones is 1. The SMILES string of the molecule is O=C(COC(=O)c1ccc(COc2ccccc2)o1)c1cccc(C(F)(F)F)c1. The molecule has 0 aliphatic carbocycles. The fourth-order valence-corrected chi connectivity index (χ4v) is 2.39. The minimum absolute atomic E-state index is 0.0838. The first kappa shape index (κ1) is 20.2. The van der Waals surface area contributed by atoms with E-state index in [2.05, 4.69) is 0 Å². The van der Waals surface area contributed by atoms with Crippen LogP contribution < -0.4 is 4.74 Å². The summed E-state index contributed by atoms with van der Waals surface area (Å²) in [5.74, 6) is -0.821. The van der Waals surface area contributed by atoms with Crippen LogP contribution in [-0.2, 0) is 17.5 Å². The molecule has 29 heavy (non-hydrogen) atoms. The summed E-state index contributed by atoms with van der Waals surface area (Å²) in [6, 6.07) is 15.8. The third kappa shape index (κ3) is 5.47. The Morgan fingerprint density at radius 2 is 1.69 bits per heavy atom. The number of benzene rings is 2. The molecular formula is C21H15F3O5. The van der Waals surface area contributed by atoms with Crippen LogP contribution in [0, 0.1) is 0 Å². The molecule has 3 aromatic rings. The molecule has 150 valence electrons. The quantitative estimate of drug-likeness (QED) is 0.413. The lowest BCUT2D eigenvalue weighted by molar-refractivity contribution is -0.137. The predicted molar refractivity (Wildman–Crippen MR) is 95.5 cm³/mol. The van der Waals surface area contributed by atoms with Crippen molar-refractivity contribution < 1.29 is 36.7 Å². The standard InChI is InChI=1S/C21H15F3O5/c22-21(23,24)15-6-4-5-14(11-15)18(25)13-28-20(26)19-10-9-17(29-19)12-27-16-7-2-1-3-8-16/h1-11H,12-13H2. The van der Waals surface area contributed by atoms with Gasteiger partial charge in [0.1, 0.15) is 18.1 Å². The van der Waals surface area contributed by atoms with Gasteiger partial charge >= 0.3 is 12.1 Å². The fourth-order valence-electron chi connectivity index (χ4n) is 2.39. The van der Waals surface area contributed by atoms with Crippen LogP contribution in [0.4, 0.5) is 13.2 Å². The Balaban J connectivity index is 1.54. The van der Waals surface area contributed by atoms with Gasteiger partial charge in [0.05, 0.1) is 5.56 Å². The molecule has 0 aliphatic rings. The highest BCUT2D eigenvalue weighted by molar-refractivity contribution is 5.99. The molecule has 0 unspecified atom stereocenters. The van der Waals surface area contributed by atoms with Crippen molar-refractivity contribution in [3.05, 3.63) is 89.4 Å². The number of ether oxygens (including phenoxy) is 2. The highest BCUT2D eigenvalue weighted by Crippen LogP contribution is 2.29. The number of rotatable bonds is 7. The molecule has 0 N–H and O–H groups in total. The van der Waals surface area contributed by atoms with E-state index in [0.717, 1.165) is 12.1 Å². The monoisotopic (exact) mass is 404 g/mol. The van der Waals surface area contributed by atoms with Crippen LogP contribution >= 0.6 is 0 Å². The first-order valence-electron chi connectivity index (χ1n) is 8.47. The van der Waals surface area contributed by atoms with Crippen LogP contribution in [0.5, 0.6) is 5.75 Å². The molecule has 3 rings (SSSR count). The van der Waals surface area contributed by atoms with E-state index in [9.17, 15) is 22.8 Å². The van der Waals surface area contributed by atoms with E-state index in [4.69, 9.17) is 13.9 Å². The second kappa shape index (κ2) is 8.64. The van der Waals surface area contributed by atoms with Crippen molar-refractivity contribution in [3.8, 4) is 5.75 Å². The van der Waals surface area contributed by atoms with Crippen molar-refractivity contribution in [3.63, 3.8) is 0 Å². The lowest BCUT2D eigenvalue weighted by atomic mass is 10.1. The Hall–Kier alpha value is -3.55. The molecule has 0 amide bonds. The summed E-state index contributed by atoms with van der Waals surface area (Å²) >= 11 is 0. The van der Waals surface area contributed by atoms with E-state index in [1.807, 2.05) is 18.2 Å². The largest absolute Gasteiger partial charge is 0.486 e. The predicted octanol–water partition coefficient (Wildman–Crippen LogP) is 4.92. The van der Waals surface area contributed by atoms with E-state index in [1.165, 1.54) is 18.2 Å². The molecule has 1 aromatic heterocycles. The summed E-state index contributed by atoms with van der Waals surface area (Å²) in [4.78, 5) is 24.0. The van der Waals surface area contributed by atoms with Crippen LogP contribution in [0.15, 0.2) is 71.1 Å². The summed E-state index contributed by atoms with van der Waals surface area (Å²) in [5.41, 5.74) is -1.16. The van der Waals surface area contributed by atoms with Crippen molar-refractivity contribution in [2.45, 2.75) is 12.8 Å². The summed E-state index contributed by atoms with van der Waals surface area (Å²) in [5, 5.41) is 0. The molecule has 1 heterocycles. The van der Waals surface area contributed by atoms with Crippen molar-refractivity contribution >= 4 is 11.8 Å². The van der Waals surface area contributed by atoms with Crippen LogP contribution in [0.1, 0.15) is 32.2 Å². The van der Waals surface area contributed by atoms with Crippen LogP contribution in [0.3, 0.4) is 0 Å². The molecule has 0 saturated heterocycles. The number of hydrogen-bond acceptors (Lipinski definition) is 5. The Bertz CT molecular complexity index is 993. The van der Waals surface area contributed by atoms with E-state index in [0.29, 0.717) is 17.6 Å². The molecule has 2 aromatic carbocycles. The van der Waals surface area contributed by atoms with Crippen molar-refractivity contribution in [2.75, 3.05) is 6.61 Å². The van der Waals surface area contributed by atoms with Gasteiger partial charge in [-0.1, -0.05) is 30.3 Å². The van der Waals surface area contributed by atoms with Gasteiger partial charge in [-0.25, -0.2) is 4.79 Å². The molecule has 0 aliphatic heterocycles. The summed E-state index contributed by atoms with van der Waals surface area (Å²) < 4.78 is 53.8. The van der Waals surface area contributed by atoms with Gasteiger partial charge < -0.3 is 13.9 Å². The Labute approximate surface area is 163 Å². The van der Waals surface area contributed by atoms with Crippen LogP contribution in [-0.4, -0.2) is 18.4 Å². The van der Waals surface area contributed by atoms with E-state index >= 15 is 0 Å². The third-order valence-electron chi connectivity index (χ3n) is 3.83. The van der Waals surface area contributed by atoms with Crippen LogP contribution in [0.25, 0.3) is 0 Å². The number of para-hydroxylation sites is 1. The molecule has 0 spiro atoms. The zero-order valence-corrected chi connectivity index (χ0v) is 14.9. The number of halogens is 3. The average Bonchev–Trinajstić information content (AvgIpc) is 3.19. The maximum Gasteiger partial charge on any atom is 0.416 e. The van der Waals surface area contributed by atoms with Gasteiger partial charge in [0, 0.05) is 5.56 Å². The molecule has 0 radical (unpaired) electrons. The highest BCUT2D eigenvalue weighted by atomic mass is 19.4. The minimum atomic E-state index is -4.57. The third-order valence-corrected chi connectivity index (χ3v) is 3.83. The van der Waals surface area contributed by atoms with E-state index < -0.39 is 30.1 Å². The zero-order chi connectivity index (χ0) is 20.9. The van der Waals surface area contributed by atoms with Gasteiger partial charge in [0.15, 0.2) is 12.4 Å². The van der Waals surface area contributed by atoms with Crippen LogP contribution in [0.2, 0.25) is 0 Å². The van der Waals surface area contributed by atoms with E-state index in [-0.39, 0.29) is 17.9 Å². The molecule has 0 saturated carbocycles. The second-order valence-electron chi connectivity index (χ2n) is 5.95. The molecule has 5 nitrogen and oxygen atoms in total. The maximum atomic E-state index is 12.7. The normalized spacial score (nSPS) is 11.1. The zero-order valence-electron chi connectivity index (χ0n) is 14.9. The number of esters is 1. The molecule has 0 bridgehead atoms. The maximum absolute atomic E-state index is 12.7. The lowest BCUT2D eigenvalue weighted by Gasteiger charge is -2.08. The Kier molecular flexibility index (Phi) is 6.01. The number of alkyl halides is 3. The van der Waals surface area contributed by atoms with Crippen molar-refractivity contribution in [1.29, 1.82) is 0 Å². The Morgan fingerprint density at radius 1 is 0.931 bits per heavy atom. The van der Waals surface area contributed by atoms with Gasteiger partial charge in [-0.2, -0.15) is 13.2 Å². The van der Waals surface area contributed by atoms with Crippen molar-refractivity contribution in [2.24, 2.45) is 0 Å². The smallest absolute Gasteiger partial charge is 0.416 e. The molecule has 0 atom stereocenters.